The molecule has 0 radical (unpaired) electrons. The summed E-state index contributed by atoms with van der Waals surface area (Å²) in [7, 11) is 0. The van der Waals surface area contributed by atoms with Crippen LogP contribution in [0.4, 0.5) is 0 Å². The normalized spacial score (nSPS) is 10.6. The number of benzene rings is 1. The molecule has 6 nitrogen and oxygen atoms in total. The minimum absolute atomic E-state index is 0.0424. The largest absolute Gasteiger partial charge is 0.506 e. The molecule has 1 aromatic carbocycles. The summed E-state index contributed by atoms with van der Waals surface area (Å²) in [5.74, 6) is -0.713. The molecule has 0 saturated heterocycles. The van der Waals surface area contributed by atoms with E-state index >= 15 is 0 Å². The van der Waals surface area contributed by atoms with E-state index in [-0.39, 0.29) is 16.3 Å². The molecule has 0 aliphatic carbocycles. The van der Waals surface area contributed by atoms with Gasteiger partial charge in [0.15, 0.2) is 5.82 Å². The summed E-state index contributed by atoms with van der Waals surface area (Å²) in [6.07, 6.45) is 2.97. The van der Waals surface area contributed by atoms with Crippen LogP contribution in [0.25, 0.3) is 17.1 Å². The van der Waals surface area contributed by atoms with Crippen LogP contribution in [0, 0.1) is 0 Å². The second kappa shape index (κ2) is 5.50. The van der Waals surface area contributed by atoms with Gasteiger partial charge < -0.3 is 10.2 Å². The first kappa shape index (κ1) is 14.1. The smallest absolute Gasteiger partial charge is 0.335 e. The number of aromatic hydroxyl groups is 1. The number of carboxylic acid groups (broad SMARTS) is 1. The zero-order valence-corrected chi connectivity index (χ0v) is 11.9. The SMILES string of the molecule is O=C(O)c1ccnc(-n2nccc2-c2ccc(Cl)c(O)c2)c1. The van der Waals surface area contributed by atoms with Gasteiger partial charge in [-0.05, 0) is 30.3 Å². The van der Waals surface area contributed by atoms with Gasteiger partial charge in [0.05, 0.1) is 22.5 Å². The first-order chi connectivity index (χ1) is 10.6. The van der Waals surface area contributed by atoms with Gasteiger partial charge in [-0.15, -0.1) is 0 Å². The Morgan fingerprint density at radius 3 is 2.68 bits per heavy atom. The van der Waals surface area contributed by atoms with Crippen molar-refractivity contribution in [2.24, 2.45) is 0 Å². The van der Waals surface area contributed by atoms with Crippen molar-refractivity contribution >= 4 is 17.6 Å². The first-order valence-corrected chi connectivity index (χ1v) is 6.66. The number of halogens is 1. The van der Waals surface area contributed by atoms with Crippen molar-refractivity contribution in [1.82, 2.24) is 14.8 Å². The molecule has 2 heterocycles. The van der Waals surface area contributed by atoms with Crippen LogP contribution in [0.1, 0.15) is 10.4 Å². The summed E-state index contributed by atoms with van der Waals surface area (Å²) < 4.78 is 1.50. The quantitative estimate of drug-likeness (QED) is 0.775. The molecule has 3 aromatic rings. The predicted octanol–water partition coefficient (Wildman–Crippen LogP) is 2.99. The van der Waals surface area contributed by atoms with Crippen LogP contribution in [0.2, 0.25) is 5.02 Å². The Kier molecular flexibility index (Phi) is 3.52. The summed E-state index contributed by atoms with van der Waals surface area (Å²) in [4.78, 5) is 15.2. The molecule has 0 amide bonds. The van der Waals surface area contributed by atoms with E-state index in [1.807, 2.05) is 0 Å². The molecule has 2 aromatic heterocycles. The molecule has 0 bridgehead atoms. The molecule has 110 valence electrons. The van der Waals surface area contributed by atoms with Gasteiger partial charge in [-0.1, -0.05) is 17.7 Å². The van der Waals surface area contributed by atoms with Crippen LogP contribution in [-0.4, -0.2) is 30.9 Å². The number of aromatic nitrogens is 3. The number of pyridine rings is 1. The summed E-state index contributed by atoms with van der Waals surface area (Å²) in [5.41, 5.74) is 1.45. The molecule has 3 rings (SSSR count). The van der Waals surface area contributed by atoms with E-state index in [9.17, 15) is 9.90 Å². The zero-order valence-electron chi connectivity index (χ0n) is 11.1. The second-order valence-corrected chi connectivity index (χ2v) is 4.91. The zero-order chi connectivity index (χ0) is 15.7. The molecule has 7 heteroatoms. The monoisotopic (exact) mass is 315 g/mol. The molecule has 0 fully saturated rings. The molecule has 0 spiro atoms. The number of aromatic carboxylic acids is 1. The van der Waals surface area contributed by atoms with Crippen LogP contribution in [0.3, 0.4) is 0 Å². The number of carbonyl (C=O) groups is 1. The Morgan fingerprint density at radius 2 is 1.95 bits per heavy atom. The van der Waals surface area contributed by atoms with Crippen molar-refractivity contribution in [1.29, 1.82) is 0 Å². The molecular weight excluding hydrogens is 306 g/mol. The molecule has 22 heavy (non-hydrogen) atoms. The van der Waals surface area contributed by atoms with E-state index < -0.39 is 5.97 Å². The third-order valence-electron chi connectivity index (χ3n) is 3.09. The van der Waals surface area contributed by atoms with Gasteiger partial charge in [0.25, 0.3) is 0 Å². The summed E-state index contributed by atoms with van der Waals surface area (Å²) >= 11 is 5.80. The number of hydrogen-bond acceptors (Lipinski definition) is 4. The molecule has 0 aliphatic rings. The lowest BCUT2D eigenvalue weighted by molar-refractivity contribution is 0.0696. The molecule has 0 saturated carbocycles. The lowest BCUT2D eigenvalue weighted by Gasteiger charge is -2.08. The van der Waals surface area contributed by atoms with Crippen LogP contribution in [0.15, 0.2) is 48.8 Å². The number of hydrogen-bond donors (Lipinski definition) is 2. The summed E-state index contributed by atoms with van der Waals surface area (Å²) in [5, 5.41) is 23.2. The van der Waals surface area contributed by atoms with Gasteiger partial charge in [0, 0.05) is 11.8 Å². The van der Waals surface area contributed by atoms with E-state index in [4.69, 9.17) is 16.7 Å². The van der Waals surface area contributed by atoms with Gasteiger partial charge >= 0.3 is 5.97 Å². The van der Waals surface area contributed by atoms with Gasteiger partial charge in [-0.3, -0.25) is 0 Å². The first-order valence-electron chi connectivity index (χ1n) is 6.29. The topological polar surface area (TPSA) is 88.2 Å². The maximum Gasteiger partial charge on any atom is 0.335 e. The van der Waals surface area contributed by atoms with Crippen molar-refractivity contribution in [3.05, 3.63) is 59.4 Å². The third-order valence-corrected chi connectivity index (χ3v) is 3.41. The van der Waals surface area contributed by atoms with Crippen LogP contribution < -0.4 is 0 Å². The van der Waals surface area contributed by atoms with Gasteiger partial charge in [-0.25, -0.2) is 14.5 Å². The van der Waals surface area contributed by atoms with E-state index in [1.165, 1.54) is 29.1 Å². The summed E-state index contributed by atoms with van der Waals surface area (Å²) in [6.45, 7) is 0. The highest BCUT2D eigenvalue weighted by Crippen LogP contribution is 2.30. The summed E-state index contributed by atoms with van der Waals surface area (Å²) in [6, 6.07) is 9.38. The van der Waals surface area contributed by atoms with Crippen molar-refractivity contribution in [3.8, 4) is 22.8 Å². The maximum atomic E-state index is 11.1. The molecule has 0 aliphatic heterocycles. The maximum absolute atomic E-state index is 11.1. The van der Waals surface area contributed by atoms with Crippen LogP contribution in [0.5, 0.6) is 5.75 Å². The van der Waals surface area contributed by atoms with Crippen molar-refractivity contribution in [3.63, 3.8) is 0 Å². The predicted molar refractivity (Wildman–Crippen MR) is 80.4 cm³/mol. The Morgan fingerprint density at radius 1 is 1.14 bits per heavy atom. The minimum atomic E-state index is -1.04. The van der Waals surface area contributed by atoms with E-state index in [0.29, 0.717) is 17.1 Å². The fraction of sp³-hybridized carbons (Fsp3) is 0. The van der Waals surface area contributed by atoms with Crippen LogP contribution in [-0.2, 0) is 0 Å². The highest BCUT2D eigenvalue weighted by Gasteiger charge is 2.12. The molecule has 2 N–H and O–H groups in total. The van der Waals surface area contributed by atoms with Gasteiger partial charge in [-0.2, -0.15) is 5.10 Å². The van der Waals surface area contributed by atoms with Crippen molar-refractivity contribution in [2.45, 2.75) is 0 Å². The van der Waals surface area contributed by atoms with E-state index in [2.05, 4.69) is 10.1 Å². The number of carboxylic acids is 1. The fourth-order valence-electron chi connectivity index (χ4n) is 2.04. The average molecular weight is 316 g/mol. The second-order valence-electron chi connectivity index (χ2n) is 4.50. The average Bonchev–Trinajstić information content (AvgIpc) is 2.99. The van der Waals surface area contributed by atoms with Crippen molar-refractivity contribution in [2.75, 3.05) is 0 Å². The molecular formula is C15H10ClN3O3. The highest BCUT2D eigenvalue weighted by atomic mass is 35.5. The Hall–Kier alpha value is -2.86. The molecule has 0 atom stereocenters. The Labute approximate surface area is 130 Å². The minimum Gasteiger partial charge on any atom is -0.506 e. The van der Waals surface area contributed by atoms with E-state index in [0.717, 1.165) is 0 Å². The number of nitrogens with zero attached hydrogens (tertiary/aromatic N) is 3. The van der Waals surface area contributed by atoms with Gasteiger partial charge in [0.2, 0.25) is 0 Å². The third kappa shape index (κ3) is 2.51. The van der Waals surface area contributed by atoms with Crippen molar-refractivity contribution < 1.29 is 15.0 Å². The van der Waals surface area contributed by atoms with Crippen LogP contribution >= 0.6 is 11.6 Å². The Bertz CT molecular complexity index is 861. The standard InChI is InChI=1S/C15H10ClN3O3/c16-11-2-1-9(7-13(11)20)12-4-6-18-19(12)14-8-10(15(21)22)3-5-17-14/h1-8,20H,(H,21,22). The van der Waals surface area contributed by atoms with E-state index in [1.54, 1.807) is 24.4 Å². The number of rotatable bonds is 3. The Balaban J connectivity index is 2.11. The van der Waals surface area contributed by atoms with Gasteiger partial charge in [0.1, 0.15) is 5.75 Å². The fourth-order valence-corrected chi connectivity index (χ4v) is 2.16. The number of phenols is 1. The lowest BCUT2D eigenvalue weighted by Crippen LogP contribution is -2.04. The lowest BCUT2D eigenvalue weighted by atomic mass is 10.1. The highest BCUT2D eigenvalue weighted by molar-refractivity contribution is 6.32. The number of phenolic OH excluding ortho intramolecular Hbond substituents is 1. The molecule has 0 unspecified atom stereocenters.